The van der Waals surface area contributed by atoms with Crippen molar-refractivity contribution >= 4 is 0 Å². The second-order valence-corrected chi connectivity index (χ2v) is 15.4. The van der Waals surface area contributed by atoms with Crippen LogP contribution < -0.4 is 0 Å². The van der Waals surface area contributed by atoms with Crippen molar-refractivity contribution in [2.75, 3.05) is 14.1 Å². The average molecular weight is 668 g/mol. The van der Waals surface area contributed by atoms with Crippen LogP contribution in [0.3, 0.4) is 0 Å². The summed E-state index contributed by atoms with van der Waals surface area (Å²) < 4.78 is 6.68. The standard InChI is InChI=1S/C46H85NO/c1-6-8-10-12-14-16-18-20-22-24-26-28-30-32-34-36-38-46(48-43(3)44-40-41-45(42-44)47(4)5)39-37-35-33-31-29-27-25-23-21-19-17-15-13-11-9-7-2/h14,16,20-23,44-46H,3,6-13,15,17-19,24-42H2,1-2,4-5H3/b16-14-,22-20-,23-21-. The first-order valence-electron chi connectivity index (χ1n) is 21.5. The Hall–Kier alpha value is -1.28. The SMILES string of the molecule is C=C(OC(CCCCCCCC/C=C\C/C=C\CCCCC)CCCCCCCC/C=C\CCCCCCCC)C1CCC(N(C)C)C1. The summed E-state index contributed by atoms with van der Waals surface area (Å²) in [6.45, 7) is 9.03. The fourth-order valence-electron chi connectivity index (χ4n) is 7.27. The van der Waals surface area contributed by atoms with Crippen LogP contribution in [0.1, 0.15) is 213 Å². The highest BCUT2D eigenvalue weighted by atomic mass is 16.5. The van der Waals surface area contributed by atoms with Crippen molar-refractivity contribution in [2.24, 2.45) is 5.92 Å². The lowest BCUT2D eigenvalue weighted by Gasteiger charge is -2.25. The first-order chi connectivity index (χ1) is 23.6. The largest absolute Gasteiger partial charge is 0.495 e. The molecule has 2 nitrogen and oxygen atoms in total. The number of ether oxygens (including phenoxy) is 1. The summed E-state index contributed by atoms with van der Waals surface area (Å²) in [5.41, 5.74) is 0. The highest BCUT2D eigenvalue weighted by Crippen LogP contribution is 2.34. The Labute approximate surface area is 302 Å². The molecule has 1 aliphatic carbocycles. The van der Waals surface area contributed by atoms with Crippen molar-refractivity contribution in [3.05, 3.63) is 48.8 Å². The number of rotatable bonds is 35. The maximum atomic E-state index is 6.68. The van der Waals surface area contributed by atoms with Crippen LogP contribution in [0.15, 0.2) is 48.8 Å². The molecule has 0 N–H and O–H groups in total. The number of nitrogens with zero attached hydrogens (tertiary/aromatic N) is 1. The summed E-state index contributed by atoms with van der Waals surface area (Å²) in [7, 11) is 4.44. The Morgan fingerprint density at radius 3 is 1.42 bits per heavy atom. The maximum Gasteiger partial charge on any atom is 0.0982 e. The van der Waals surface area contributed by atoms with Crippen molar-refractivity contribution in [1.82, 2.24) is 4.90 Å². The fourth-order valence-corrected chi connectivity index (χ4v) is 7.27. The molecule has 48 heavy (non-hydrogen) atoms. The average Bonchev–Trinajstić information content (AvgIpc) is 3.59. The molecular formula is C46H85NO. The van der Waals surface area contributed by atoms with Crippen LogP contribution in [-0.4, -0.2) is 31.1 Å². The van der Waals surface area contributed by atoms with E-state index in [4.69, 9.17) is 4.74 Å². The van der Waals surface area contributed by atoms with E-state index < -0.39 is 0 Å². The predicted molar refractivity (Wildman–Crippen MR) is 217 cm³/mol. The van der Waals surface area contributed by atoms with Crippen molar-refractivity contribution in [3.8, 4) is 0 Å². The minimum Gasteiger partial charge on any atom is -0.495 e. The minimum atomic E-state index is 0.374. The van der Waals surface area contributed by atoms with Crippen LogP contribution in [0.25, 0.3) is 0 Å². The molecule has 0 heterocycles. The Kier molecular flexibility index (Phi) is 31.9. The molecule has 0 aliphatic heterocycles. The molecule has 1 saturated carbocycles. The summed E-state index contributed by atoms with van der Waals surface area (Å²) in [6.07, 6.45) is 55.8. The quantitative estimate of drug-likeness (QED) is 0.0379. The smallest absolute Gasteiger partial charge is 0.0982 e. The van der Waals surface area contributed by atoms with Crippen LogP contribution in [0, 0.1) is 5.92 Å². The van der Waals surface area contributed by atoms with E-state index in [2.05, 4.69) is 75.9 Å². The highest BCUT2D eigenvalue weighted by Gasteiger charge is 2.29. The normalized spacial score (nSPS) is 17.5. The highest BCUT2D eigenvalue weighted by molar-refractivity contribution is 4.99. The van der Waals surface area contributed by atoms with Crippen LogP contribution in [0.5, 0.6) is 0 Å². The third-order valence-electron chi connectivity index (χ3n) is 10.7. The lowest BCUT2D eigenvalue weighted by Crippen LogP contribution is -2.25. The van der Waals surface area contributed by atoms with Crippen molar-refractivity contribution < 1.29 is 4.74 Å². The van der Waals surface area contributed by atoms with Gasteiger partial charge in [0.2, 0.25) is 0 Å². The molecule has 0 aromatic heterocycles. The topological polar surface area (TPSA) is 12.5 Å². The van der Waals surface area contributed by atoms with Crippen molar-refractivity contribution in [1.29, 1.82) is 0 Å². The molecule has 1 fully saturated rings. The van der Waals surface area contributed by atoms with Crippen LogP contribution in [0.4, 0.5) is 0 Å². The molecule has 2 heteroatoms. The summed E-state index contributed by atoms with van der Waals surface area (Å²) in [5.74, 6) is 1.64. The van der Waals surface area contributed by atoms with Gasteiger partial charge in [-0.05, 0) is 117 Å². The first-order valence-corrected chi connectivity index (χ1v) is 21.5. The van der Waals surface area contributed by atoms with Gasteiger partial charge in [-0.15, -0.1) is 0 Å². The summed E-state index contributed by atoms with van der Waals surface area (Å²) in [4.78, 5) is 2.39. The number of hydrogen-bond donors (Lipinski definition) is 0. The Bertz CT molecular complexity index is 779. The van der Waals surface area contributed by atoms with Crippen molar-refractivity contribution in [3.63, 3.8) is 0 Å². The summed E-state index contributed by atoms with van der Waals surface area (Å²) in [6, 6.07) is 0.692. The Balaban J connectivity index is 2.19. The Morgan fingerprint density at radius 1 is 0.562 bits per heavy atom. The third kappa shape index (κ3) is 27.5. The van der Waals surface area contributed by atoms with Crippen LogP contribution >= 0.6 is 0 Å². The summed E-state index contributed by atoms with van der Waals surface area (Å²) in [5, 5.41) is 0. The molecular weight excluding hydrogens is 583 g/mol. The molecule has 3 atom stereocenters. The second-order valence-electron chi connectivity index (χ2n) is 15.4. The van der Waals surface area contributed by atoms with E-state index in [0.29, 0.717) is 18.1 Å². The van der Waals surface area contributed by atoms with E-state index >= 15 is 0 Å². The van der Waals surface area contributed by atoms with Crippen LogP contribution in [-0.2, 0) is 4.74 Å². The molecule has 3 unspecified atom stereocenters. The lowest BCUT2D eigenvalue weighted by atomic mass is 10.0. The maximum absolute atomic E-state index is 6.68. The second kappa shape index (κ2) is 34.2. The third-order valence-corrected chi connectivity index (χ3v) is 10.7. The van der Waals surface area contributed by atoms with Gasteiger partial charge < -0.3 is 9.64 Å². The van der Waals surface area contributed by atoms with Gasteiger partial charge in [-0.1, -0.05) is 153 Å². The van der Waals surface area contributed by atoms with Gasteiger partial charge in [0.25, 0.3) is 0 Å². The van der Waals surface area contributed by atoms with Crippen molar-refractivity contribution in [2.45, 2.75) is 225 Å². The predicted octanol–water partition coefficient (Wildman–Crippen LogP) is 15.2. The van der Waals surface area contributed by atoms with Gasteiger partial charge in [0.15, 0.2) is 0 Å². The van der Waals surface area contributed by atoms with Gasteiger partial charge in [-0.2, -0.15) is 0 Å². The monoisotopic (exact) mass is 668 g/mol. The van der Waals surface area contributed by atoms with Gasteiger partial charge >= 0.3 is 0 Å². The molecule has 1 rings (SSSR count). The Morgan fingerprint density at radius 2 is 0.958 bits per heavy atom. The molecule has 0 radical (unpaired) electrons. The van der Waals surface area contributed by atoms with Gasteiger partial charge in [-0.3, -0.25) is 0 Å². The minimum absolute atomic E-state index is 0.374. The van der Waals surface area contributed by atoms with Gasteiger partial charge in [0.05, 0.1) is 11.9 Å². The number of hydrogen-bond acceptors (Lipinski definition) is 2. The zero-order valence-corrected chi connectivity index (χ0v) is 33.2. The zero-order valence-electron chi connectivity index (χ0n) is 33.2. The van der Waals surface area contributed by atoms with Gasteiger partial charge in [0, 0.05) is 12.0 Å². The van der Waals surface area contributed by atoms with E-state index in [1.54, 1.807) is 0 Å². The number of allylic oxidation sites excluding steroid dienone is 7. The zero-order chi connectivity index (χ0) is 34.8. The molecule has 0 saturated heterocycles. The molecule has 0 aromatic carbocycles. The van der Waals surface area contributed by atoms with E-state index in [1.165, 1.54) is 193 Å². The molecule has 0 aromatic rings. The number of unbranched alkanes of at least 4 members (excludes halogenated alkanes) is 21. The van der Waals surface area contributed by atoms with E-state index in [1.807, 2.05) is 0 Å². The van der Waals surface area contributed by atoms with Gasteiger partial charge in [-0.25, -0.2) is 0 Å². The van der Waals surface area contributed by atoms with E-state index in [0.717, 1.165) is 12.2 Å². The molecule has 0 amide bonds. The first kappa shape index (κ1) is 44.7. The summed E-state index contributed by atoms with van der Waals surface area (Å²) >= 11 is 0. The molecule has 280 valence electrons. The van der Waals surface area contributed by atoms with Gasteiger partial charge in [0.1, 0.15) is 0 Å². The van der Waals surface area contributed by atoms with E-state index in [9.17, 15) is 0 Å². The lowest BCUT2D eigenvalue weighted by molar-refractivity contribution is 0.0752. The van der Waals surface area contributed by atoms with E-state index in [-0.39, 0.29) is 0 Å². The molecule has 1 aliphatic rings. The molecule has 0 bridgehead atoms. The fraction of sp³-hybridized carbons (Fsp3) is 0.826. The molecule has 0 spiro atoms. The van der Waals surface area contributed by atoms with Crippen LogP contribution in [0.2, 0.25) is 0 Å².